The number of rotatable bonds is 9. The Kier molecular flexibility index (Phi) is 7.65. The highest BCUT2D eigenvalue weighted by atomic mass is 16.5. The lowest BCUT2D eigenvalue weighted by Gasteiger charge is -2.36. The van der Waals surface area contributed by atoms with Crippen molar-refractivity contribution < 1.29 is 14.3 Å². The normalized spacial score (nSPS) is 14.5. The summed E-state index contributed by atoms with van der Waals surface area (Å²) in [6, 6.07) is 15.7. The van der Waals surface area contributed by atoms with E-state index in [0.717, 1.165) is 39.3 Å². The molecule has 4 heterocycles. The van der Waals surface area contributed by atoms with Crippen LogP contribution < -0.4 is 9.64 Å². The highest BCUT2D eigenvalue weighted by Gasteiger charge is 2.29. The average Bonchev–Trinajstić information content (AvgIpc) is 3.37. The number of hydrogen-bond donors (Lipinski definition) is 0. The van der Waals surface area contributed by atoms with Crippen molar-refractivity contribution in [2.45, 2.75) is 19.6 Å². The summed E-state index contributed by atoms with van der Waals surface area (Å²) >= 11 is 0. The van der Waals surface area contributed by atoms with E-state index in [-0.39, 0.29) is 5.91 Å². The van der Waals surface area contributed by atoms with Crippen LogP contribution in [0.3, 0.4) is 0 Å². The van der Waals surface area contributed by atoms with Crippen LogP contribution in [0.1, 0.15) is 24.2 Å². The fraction of sp³-hybridized carbons (Fsp3) is 0.310. The number of aliphatic imine (C=N–C) groups is 1. The number of piperazine rings is 1. The molecule has 1 aromatic carbocycles. The first-order valence-electron chi connectivity index (χ1n) is 12.8. The number of anilines is 1. The Balaban J connectivity index is 1.32. The summed E-state index contributed by atoms with van der Waals surface area (Å²) in [5.41, 5.74) is 4.77. The van der Waals surface area contributed by atoms with Gasteiger partial charge in [-0.1, -0.05) is 30.3 Å². The minimum Gasteiger partial charge on any atom is -0.492 e. The van der Waals surface area contributed by atoms with E-state index in [1.54, 1.807) is 7.11 Å². The maximum Gasteiger partial charge on any atom is 0.256 e. The third-order valence-corrected chi connectivity index (χ3v) is 6.79. The summed E-state index contributed by atoms with van der Waals surface area (Å²) in [4.78, 5) is 26.1. The van der Waals surface area contributed by atoms with Crippen molar-refractivity contribution in [3.8, 4) is 16.9 Å². The van der Waals surface area contributed by atoms with Gasteiger partial charge in [-0.25, -0.2) is 9.50 Å². The predicted molar refractivity (Wildman–Crippen MR) is 148 cm³/mol. The summed E-state index contributed by atoms with van der Waals surface area (Å²) < 4.78 is 13.2. The van der Waals surface area contributed by atoms with Gasteiger partial charge < -0.3 is 19.3 Å². The van der Waals surface area contributed by atoms with Gasteiger partial charge in [0.25, 0.3) is 5.91 Å². The van der Waals surface area contributed by atoms with Gasteiger partial charge in [-0.3, -0.25) is 9.79 Å². The molecule has 38 heavy (non-hydrogen) atoms. The maximum atomic E-state index is 13.1. The van der Waals surface area contributed by atoms with E-state index in [0.29, 0.717) is 39.3 Å². The first-order chi connectivity index (χ1) is 18.6. The zero-order valence-corrected chi connectivity index (χ0v) is 21.8. The number of methoxy groups -OCH3 is 1. The fourth-order valence-electron chi connectivity index (χ4n) is 4.92. The number of ether oxygens (including phenoxy) is 2. The molecule has 5 rings (SSSR count). The molecule has 0 saturated carbocycles. The molecule has 0 bridgehead atoms. The molecule has 3 aromatic heterocycles. The van der Waals surface area contributed by atoms with Crippen molar-refractivity contribution in [3.63, 3.8) is 0 Å². The van der Waals surface area contributed by atoms with Gasteiger partial charge in [-0.2, -0.15) is 5.10 Å². The number of carbonyl (C=O) groups is 1. The molecule has 9 nitrogen and oxygen atoms in total. The van der Waals surface area contributed by atoms with Crippen molar-refractivity contribution in [2.24, 2.45) is 4.99 Å². The fourth-order valence-corrected chi connectivity index (χ4v) is 4.92. The van der Waals surface area contributed by atoms with E-state index in [9.17, 15) is 4.79 Å². The molecule has 0 unspecified atom stereocenters. The molecule has 1 fully saturated rings. The van der Waals surface area contributed by atoms with Crippen LogP contribution in [0.5, 0.6) is 5.75 Å². The third kappa shape index (κ3) is 5.10. The Morgan fingerprint density at radius 1 is 1.11 bits per heavy atom. The molecule has 0 N–H and O–H groups in total. The highest BCUT2D eigenvalue weighted by Crippen LogP contribution is 2.32. The summed E-state index contributed by atoms with van der Waals surface area (Å²) in [6.45, 7) is 9.26. The molecule has 0 radical (unpaired) electrons. The molecule has 0 aliphatic carbocycles. The van der Waals surface area contributed by atoms with Crippen molar-refractivity contribution >= 4 is 24.0 Å². The Hall–Kier alpha value is -4.24. The number of amides is 1. The minimum absolute atomic E-state index is 0.00882. The Labute approximate surface area is 222 Å². The standard InChI is InChI=1S/C29H32N6O3/c1-4-38-24-16-25(27-23(17-30-2)19-32-35(27)20-24)22-10-11-26(31-18-22)33-12-14-34(15-13-33)29(36)28(37-3)21-8-6-5-7-9-21/h5-11,16,18-20,28H,2,4,12-15,17H2,1,3H3/t28-/m0/s1. The van der Waals surface area contributed by atoms with Gasteiger partial charge in [0.15, 0.2) is 6.10 Å². The van der Waals surface area contributed by atoms with Crippen LogP contribution in [0.15, 0.2) is 72.1 Å². The maximum absolute atomic E-state index is 13.1. The van der Waals surface area contributed by atoms with Crippen LogP contribution in [0.25, 0.3) is 16.6 Å². The number of carbonyl (C=O) groups excluding carboxylic acids is 1. The van der Waals surface area contributed by atoms with E-state index >= 15 is 0 Å². The van der Waals surface area contributed by atoms with E-state index in [4.69, 9.17) is 14.5 Å². The topological polar surface area (TPSA) is 84.6 Å². The van der Waals surface area contributed by atoms with Crippen LogP contribution in [0.4, 0.5) is 5.82 Å². The molecular weight excluding hydrogens is 480 g/mol. The molecule has 1 aliphatic heterocycles. The molecule has 0 spiro atoms. The number of pyridine rings is 2. The molecule has 1 amide bonds. The van der Waals surface area contributed by atoms with Crippen LogP contribution in [0.2, 0.25) is 0 Å². The van der Waals surface area contributed by atoms with Crippen molar-refractivity contribution in [3.05, 3.63) is 78.2 Å². The molecule has 9 heteroatoms. The lowest BCUT2D eigenvalue weighted by atomic mass is 10.0. The summed E-state index contributed by atoms with van der Waals surface area (Å²) in [6.07, 6.45) is 4.99. The molecule has 4 aromatic rings. The largest absolute Gasteiger partial charge is 0.492 e. The lowest BCUT2D eigenvalue weighted by Crippen LogP contribution is -2.50. The highest BCUT2D eigenvalue weighted by molar-refractivity contribution is 5.84. The van der Waals surface area contributed by atoms with E-state index < -0.39 is 6.10 Å². The van der Waals surface area contributed by atoms with Gasteiger partial charge in [0.2, 0.25) is 0 Å². The van der Waals surface area contributed by atoms with Crippen molar-refractivity contribution in [1.29, 1.82) is 0 Å². The van der Waals surface area contributed by atoms with E-state index in [2.05, 4.69) is 27.8 Å². The quantitative estimate of drug-likeness (QED) is 0.315. The molecule has 196 valence electrons. The zero-order chi connectivity index (χ0) is 26.5. The Morgan fingerprint density at radius 2 is 1.89 bits per heavy atom. The van der Waals surface area contributed by atoms with Gasteiger partial charge in [-0.05, 0) is 37.4 Å². The van der Waals surface area contributed by atoms with Crippen molar-refractivity contribution in [2.75, 3.05) is 44.8 Å². The number of nitrogens with zero attached hydrogens (tertiary/aromatic N) is 6. The second kappa shape index (κ2) is 11.4. The molecule has 1 saturated heterocycles. The number of benzene rings is 1. The second-order valence-corrected chi connectivity index (χ2v) is 9.11. The van der Waals surface area contributed by atoms with Crippen LogP contribution in [-0.4, -0.2) is 72.0 Å². The lowest BCUT2D eigenvalue weighted by molar-refractivity contribution is -0.142. The first kappa shape index (κ1) is 25.4. The molecular formula is C29H32N6O3. The third-order valence-electron chi connectivity index (χ3n) is 6.79. The van der Waals surface area contributed by atoms with Gasteiger partial charge in [-0.15, -0.1) is 0 Å². The number of fused-ring (bicyclic) bond motifs is 1. The van der Waals surface area contributed by atoms with Gasteiger partial charge in [0.1, 0.15) is 11.6 Å². The Morgan fingerprint density at radius 3 is 2.55 bits per heavy atom. The van der Waals surface area contributed by atoms with Gasteiger partial charge in [0, 0.05) is 56.2 Å². The summed E-state index contributed by atoms with van der Waals surface area (Å²) in [7, 11) is 1.58. The monoisotopic (exact) mass is 512 g/mol. The SMILES string of the molecule is C=NCc1cnn2cc(OCC)cc(-c3ccc(N4CCN(C(=O)[C@@H](OC)c5ccccc5)CC4)nc3)c12. The minimum atomic E-state index is -0.589. The average molecular weight is 513 g/mol. The summed E-state index contributed by atoms with van der Waals surface area (Å²) in [5, 5.41) is 4.50. The van der Waals surface area contributed by atoms with E-state index in [1.807, 2.05) is 77.4 Å². The Bertz CT molecular complexity index is 1400. The van der Waals surface area contributed by atoms with E-state index in [1.165, 1.54) is 0 Å². The van der Waals surface area contributed by atoms with Gasteiger partial charge >= 0.3 is 0 Å². The smallest absolute Gasteiger partial charge is 0.256 e. The molecule has 1 atom stereocenters. The first-order valence-corrected chi connectivity index (χ1v) is 12.8. The summed E-state index contributed by atoms with van der Waals surface area (Å²) in [5.74, 6) is 1.61. The number of hydrogen-bond acceptors (Lipinski definition) is 7. The predicted octanol–water partition coefficient (Wildman–Crippen LogP) is 4.03. The van der Waals surface area contributed by atoms with Crippen molar-refractivity contribution in [1.82, 2.24) is 19.5 Å². The van der Waals surface area contributed by atoms with Crippen LogP contribution >= 0.6 is 0 Å². The number of aromatic nitrogens is 3. The molecule has 1 aliphatic rings. The van der Waals surface area contributed by atoms with Crippen LogP contribution in [-0.2, 0) is 16.1 Å². The van der Waals surface area contributed by atoms with Crippen LogP contribution in [0, 0.1) is 0 Å². The van der Waals surface area contributed by atoms with Gasteiger partial charge in [0.05, 0.1) is 31.1 Å². The zero-order valence-electron chi connectivity index (χ0n) is 21.8. The second-order valence-electron chi connectivity index (χ2n) is 9.11.